The van der Waals surface area contributed by atoms with Crippen molar-refractivity contribution in [2.45, 2.75) is 31.7 Å². The second kappa shape index (κ2) is 9.75. The van der Waals surface area contributed by atoms with Crippen LogP contribution in [0, 0.1) is 5.92 Å². The molecular formula is C26H29N3O2. The summed E-state index contributed by atoms with van der Waals surface area (Å²) in [5.41, 5.74) is 5.54. The molecule has 0 amide bonds. The predicted octanol–water partition coefficient (Wildman–Crippen LogP) is 4.43. The highest BCUT2D eigenvalue weighted by Gasteiger charge is 2.28. The van der Waals surface area contributed by atoms with Crippen molar-refractivity contribution in [3.63, 3.8) is 0 Å². The van der Waals surface area contributed by atoms with Gasteiger partial charge in [0.1, 0.15) is 0 Å². The number of benzene rings is 2. The van der Waals surface area contributed by atoms with Crippen molar-refractivity contribution in [1.29, 1.82) is 0 Å². The van der Waals surface area contributed by atoms with E-state index in [4.69, 9.17) is 5.11 Å². The predicted molar refractivity (Wildman–Crippen MR) is 123 cm³/mol. The highest BCUT2D eigenvalue weighted by atomic mass is 16.4. The summed E-state index contributed by atoms with van der Waals surface area (Å²) >= 11 is 0. The van der Waals surface area contributed by atoms with Crippen LogP contribution in [0.2, 0.25) is 0 Å². The number of aliphatic carboxylic acids is 1. The Morgan fingerprint density at radius 3 is 2.74 bits per heavy atom. The Bertz CT molecular complexity index is 1020. The molecule has 160 valence electrons. The van der Waals surface area contributed by atoms with E-state index in [0.717, 1.165) is 42.0 Å². The smallest absolute Gasteiger partial charge is 0.307 e. The summed E-state index contributed by atoms with van der Waals surface area (Å²) < 4.78 is 0. The minimum Gasteiger partial charge on any atom is -0.481 e. The molecular weight excluding hydrogens is 386 g/mol. The lowest BCUT2D eigenvalue weighted by atomic mass is 9.86. The minimum absolute atomic E-state index is 0.0563. The molecule has 3 N–H and O–H groups in total. The van der Waals surface area contributed by atoms with Crippen molar-refractivity contribution < 1.29 is 9.90 Å². The Balaban J connectivity index is 1.49. The number of carbonyl (C=O) groups is 1. The summed E-state index contributed by atoms with van der Waals surface area (Å²) in [5.74, 6) is -0.150. The molecule has 5 heteroatoms. The van der Waals surface area contributed by atoms with Crippen molar-refractivity contribution in [2.24, 2.45) is 5.92 Å². The quantitative estimate of drug-likeness (QED) is 0.508. The molecule has 5 nitrogen and oxygen atoms in total. The standard InChI is InChI=1S/C26H29N3O2/c1-18(21-10-5-7-19(13-21)14-25(30)31)16-29-26(20-8-3-2-4-9-20)22-15-24-23(28-17-22)11-6-12-27-24/h2-13,18,22,26,28-29H,14-17H2,1H3,(H,30,31)/t18?,22-,26-/m1/s1. The van der Waals surface area contributed by atoms with Crippen LogP contribution in [0.3, 0.4) is 0 Å². The van der Waals surface area contributed by atoms with Crippen LogP contribution < -0.4 is 10.6 Å². The first kappa shape index (κ1) is 21.1. The number of anilines is 1. The van der Waals surface area contributed by atoms with E-state index in [9.17, 15) is 4.79 Å². The topological polar surface area (TPSA) is 74.2 Å². The normalized spacial score (nSPS) is 17.3. The molecule has 0 radical (unpaired) electrons. The summed E-state index contributed by atoms with van der Waals surface area (Å²) in [6.45, 7) is 3.89. The third kappa shape index (κ3) is 5.30. The number of pyridine rings is 1. The van der Waals surface area contributed by atoms with Crippen molar-refractivity contribution in [3.05, 3.63) is 95.3 Å². The van der Waals surface area contributed by atoms with Crippen LogP contribution in [-0.4, -0.2) is 29.1 Å². The zero-order chi connectivity index (χ0) is 21.6. The molecule has 0 saturated carbocycles. The molecule has 0 spiro atoms. The van der Waals surface area contributed by atoms with Gasteiger partial charge in [-0.15, -0.1) is 0 Å². The molecule has 1 aliphatic heterocycles. The van der Waals surface area contributed by atoms with Crippen molar-refractivity contribution in [2.75, 3.05) is 18.4 Å². The van der Waals surface area contributed by atoms with Gasteiger partial charge in [-0.05, 0) is 41.2 Å². The summed E-state index contributed by atoms with van der Waals surface area (Å²) in [6.07, 6.45) is 2.85. The Kier molecular flexibility index (Phi) is 6.63. The van der Waals surface area contributed by atoms with Crippen molar-refractivity contribution in [1.82, 2.24) is 10.3 Å². The summed E-state index contributed by atoms with van der Waals surface area (Å²) in [7, 11) is 0. The number of hydrogen-bond acceptors (Lipinski definition) is 4. The summed E-state index contributed by atoms with van der Waals surface area (Å²) in [4.78, 5) is 15.6. The SMILES string of the molecule is CC(CN[C@H](c1ccccc1)[C@H]1CNc2cccnc2C1)c1cccc(CC(=O)O)c1. The Labute approximate surface area is 183 Å². The number of rotatable bonds is 8. The van der Waals surface area contributed by atoms with Crippen LogP contribution in [0.4, 0.5) is 5.69 Å². The lowest BCUT2D eigenvalue weighted by molar-refractivity contribution is -0.136. The number of nitrogens with one attached hydrogen (secondary N) is 2. The van der Waals surface area contributed by atoms with Crippen molar-refractivity contribution >= 4 is 11.7 Å². The van der Waals surface area contributed by atoms with Gasteiger partial charge < -0.3 is 15.7 Å². The Morgan fingerprint density at radius 1 is 1.13 bits per heavy atom. The first-order valence-corrected chi connectivity index (χ1v) is 10.9. The van der Waals surface area contributed by atoms with Gasteiger partial charge >= 0.3 is 5.97 Å². The van der Waals surface area contributed by atoms with E-state index in [1.807, 2.05) is 36.5 Å². The number of hydrogen-bond donors (Lipinski definition) is 3. The van der Waals surface area contributed by atoms with E-state index in [0.29, 0.717) is 5.92 Å². The maximum atomic E-state index is 11.1. The average Bonchev–Trinajstić information content (AvgIpc) is 2.79. The van der Waals surface area contributed by atoms with Crippen LogP contribution in [0.25, 0.3) is 0 Å². The second-order valence-electron chi connectivity index (χ2n) is 8.36. The van der Waals surface area contributed by atoms with Crippen LogP contribution >= 0.6 is 0 Å². The molecule has 3 atom stereocenters. The van der Waals surface area contributed by atoms with E-state index < -0.39 is 5.97 Å². The lowest BCUT2D eigenvalue weighted by Crippen LogP contribution is -2.37. The van der Waals surface area contributed by atoms with Crippen LogP contribution in [0.1, 0.15) is 41.3 Å². The highest BCUT2D eigenvalue weighted by molar-refractivity contribution is 5.70. The van der Waals surface area contributed by atoms with Gasteiger partial charge in [0.2, 0.25) is 0 Å². The zero-order valence-electron chi connectivity index (χ0n) is 17.8. The van der Waals surface area contributed by atoms with E-state index in [-0.39, 0.29) is 18.4 Å². The van der Waals surface area contributed by atoms with E-state index in [2.05, 4.69) is 58.9 Å². The molecule has 0 saturated heterocycles. The average molecular weight is 416 g/mol. The van der Waals surface area contributed by atoms with Gasteiger partial charge in [0.25, 0.3) is 0 Å². The molecule has 0 fully saturated rings. The van der Waals surface area contributed by atoms with E-state index >= 15 is 0 Å². The number of carboxylic acid groups (broad SMARTS) is 1. The molecule has 3 aromatic rings. The molecule has 1 unspecified atom stereocenters. The monoisotopic (exact) mass is 415 g/mol. The molecule has 4 rings (SSSR count). The highest BCUT2D eigenvalue weighted by Crippen LogP contribution is 2.31. The first-order valence-electron chi connectivity index (χ1n) is 10.9. The van der Waals surface area contributed by atoms with Gasteiger partial charge in [-0.3, -0.25) is 9.78 Å². The Morgan fingerprint density at radius 2 is 1.94 bits per heavy atom. The molecule has 2 heterocycles. The molecule has 2 aromatic carbocycles. The lowest BCUT2D eigenvalue weighted by Gasteiger charge is -2.33. The van der Waals surface area contributed by atoms with Crippen molar-refractivity contribution in [3.8, 4) is 0 Å². The third-order valence-corrected chi connectivity index (χ3v) is 6.05. The van der Waals surface area contributed by atoms with Gasteiger partial charge in [-0.1, -0.05) is 61.5 Å². The fraction of sp³-hybridized carbons (Fsp3) is 0.308. The second-order valence-corrected chi connectivity index (χ2v) is 8.36. The van der Waals surface area contributed by atoms with Crippen LogP contribution in [-0.2, 0) is 17.6 Å². The van der Waals surface area contributed by atoms with Crippen LogP contribution in [0.15, 0.2) is 72.9 Å². The van der Waals surface area contributed by atoms with Gasteiger partial charge in [0.05, 0.1) is 17.8 Å². The number of fused-ring (bicyclic) bond motifs is 1. The van der Waals surface area contributed by atoms with Crippen LogP contribution in [0.5, 0.6) is 0 Å². The summed E-state index contributed by atoms with van der Waals surface area (Å²) in [5, 5.41) is 16.4. The molecule has 1 aliphatic rings. The number of aromatic nitrogens is 1. The maximum absolute atomic E-state index is 11.1. The zero-order valence-corrected chi connectivity index (χ0v) is 17.8. The minimum atomic E-state index is -0.800. The van der Waals surface area contributed by atoms with E-state index in [1.54, 1.807) is 0 Å². The first-order chi connectivity index (χ1) is 15.1. The van der Waals surface area contributed by atoms with Gasteiger partial charge in [0.15, 0.2) is 0 Å². The number of carboxylic acids is 1. The molecule has 0 aliphatic carbocycles. The fourth-order valence-electron chi connectivity index (χ4n) is 4.38. The molecule has 0 bridgehead atoms. The van der Waals surface area contributed by atoms with Gasteiger partial charge in [-0.2, -0.15) is 0 Å². The third-order valence-electron chi connectivity index (χ3n) is 6.05. The summed E-state index contributed by atoms with van der Waals surface area (Å²) in [6, 6.07) is 22.8. The van der Waals surface area contributed by atoms with E-state index in [1.165, 1.54) is 5.56 Å². The molecule has 31 heavy (non-hydrogen) atoms. The molecule has 1 aromatic heterocycles. The Hall–Kier alpha value is -3.18. The maximum Gasteiger partial charge on any atom is 0.307 e. The van der Waals surface area contributed by atoms with Gasteiger partial charge in [0, 0.05) is 31.2 Å². The fourth-order valence-corrected chi connectivity index (χ4v) is 4.38. The number of nitrogens with zero attached hydrogens (tertiary/aromatic N) is 1. The van der Waals surface area contributed by atoms with Gasteiger partial charge in [-0.25, -0.2) is 0 Å². The largest absolute Gasteiger partial charge is 0.481 e.